The molecular weight excluding hydrogens is 280 g/mol. The van der Waals surface area contributed by atoms with Crippen LogP contribution in [0.15, 0.2) is 18.6 Å². The van der Waals surface area contributed by atoms with Gasteiger partial charge in [-0.2, -0.15) is 0 Å². The van der Waals surface area contributed by atoms with Gasteiger partial charge in [-0.1, -0.05) is 19.3 Å². The first-order chi connectivity index (χ1) is 10.7. The van der Waals surface area contributed by atoms with Crippen molar-refractivity contribution in [3.05, 3.63) is 18.6 Å². The molecule has 1 spiro atoms. The van der Waals surface area contributed by atoms with E-state index in [2.05, 4.69) is 15.0 Å². The van der Waals surface area contributed by atoms with Gasteiger partial charge in [0.2, 0.25) is 0 Å². The van der Waals surface area contributed by atoms with E-state index in [1.807, 2.05) is 17.2 Å². The molecule has 116 valence electrons. The number of anilines is 1. The zero-order valence-corrected chi connectivity index (χ0v) is 12.5. The number of hydrogen-bond donors (Lipinski definition) is 2. The minimum absolute atomic E-state index is 0.148. The summed E-state index contributed by atoms with van der Waals surface area (Å²) in [6.07, 6.45) is 10.0. The first-order valence-corrected chi connectivity index (χ1v) is 7.96. The SMILES string of the molecule is O=C(O)[C@@H]1CC2(CCCCC2)CN1c1ncnc2[nH]ccc12. The number of hydrogen-bond acceptors (Lipinski definition) is 4. The summed E-state index contributed by atoms with van der Waals surface area (Å²) >= 11 is 0. The van der Waals surface area contributed by atoms with Crippen molar-refractivity contribution in [1.29, 1.82) is 0 Å². The van der Waals surface area contributed by atoms with E-state index >= 15 is 0 Å². The van der Waals surface area contributed by atoms with E-state index < -0.39 is 12.0 Å². The molecule has 0 radical (unpaired) electrons. The lowest BCUT2D eigenvalue weighted by atomic mass is 9.73. The second-order valence-electron chi connectivity index (χ2n) is 6.68. The third-order valence-corrected chi connectivity index (χ3v) is 5.31. The van der Waals surface area contributed by atoms with Crippen LogP contribution in [0.1, 0.15) is 38.5 Å². The number of aliphatic carboxylic acids is 1. The molecule has 3 heterocycles. The summed E-state index contributed by atoms with van der Waals surface area (Å²) in [6.45, 7) is 0.793. The Labute approximate surface area is 128 Å². The quantitative estimate of drug-likeness (QED) is 0.890. The maximum Gasteiger partial charge on any atom is 0.326 e. The molecule has 1 aliphatic carbocycles. The summed E-state index contributed by atoms with van der Waals surface area (Å²) in [5.41, 5.74) is 0.910. The van der Waals surface area contributed by atoms with Crippen molar-refractivity contribution in [2.75, 3.05) is 11.4 Å². The Morgan fingerprint density at radius 2 is 2.14 bits per heavy atom. The van der Waals surface area contributed by atoms with Crippen molar-refractivity contribution in [3.63, 3.8) is 0 Å². The van der Waals surface area contributed by atoms with Crippen LogP contribution < -0.4 is 4.90 Å². The highest BCUT2D eigenvalue weighted by Gasteiger charge is 2.48. The molecule has 2 aliphatic rings. The third-order valence-electron chi connectivity index (χ3n) is 5.31. The molecule has 22 heavy (non-hydrogen) atoms. The molecule has 6 nitrogen and oxygen atoms in total. The average Bonchev–Trinajstić information content (AvgIpc) is 3.13. The number of H-pyrrole nitrogens is 1. The van der Waals surface area contributed by atoms with E-state index in [1.165, 1.54) is 25.6 Å². The Kier molecular flexibility index (Phi) is 3.06. The van der Waals surface area contributed by atoms with Crippen molar-refractivity contribution in [1.82, 2.24) is 15.0 Å². The Balaban J connectivity index is 1.75. The zero-order chi connectivity index (χ0) is 15.2. The number of carboxylic acid groups (broad SMARTS) is 1. The van der Waals surface area contributed by atoms with Crippen LogP contribution >= 0.6 is 0 Å². The predicted octanol–water partition coefficient (Wildman–Crippen LogP) is 2.57. The molecule has 2 aromatic rings. The molecule has 2 fully saturated rings. The largest absolute Gasteiger partial charge is 0.480 e. The fraction of sp³-hybridized carbons (Fsp3) is 0.562. The monoisotopic (exact) mass is 300 g/mol. The summed E-state index contributed by atoms with van der Waals surface area (Å²) in [7, 11) is 0. The summed E-state index contributed by atoms with van der Waals surface area (Å²) < 4.78 is 0. The van der Waals surface area contributed by atoms with E-state index in [0.717, 1.165) is 42.7 Å². The minimum atomic E-state index is -0.746. The molecule has 1 aliphatic heterocycles. The molecule has 2 N–H and O–H groups in total. The summed E-state index contributed by atoms with van der Waals surface area (Å²) in [5.74, 6) is 0.00541. The van der Waals surface area contributed by atoms with Crippen molar-refractivity contribution < 1.29 is 9.90 Å². The fourth-order valence-corrected chi connectivity index (χ4v) is 4.25. The number of carbonyl (C=O) groups is 1. The van der Waals surface area contributed by atoms with Crippen molar-refractivity contribution in [2.45, 2.75) is 44.6 Å². The highest BCUT2D eigenvalue weighted by atomic mass is 16.4. The van der Waals surface area contributed by atoms with Crippen molar-refractivity contribution in [2.24, 2.45) is 5.41 Å². The van der Waals surface area contributed by atoms with E-state index in [0.29, 0.717) is 0 Å². The number of aromatic nitrogens is 3. The lowest BCUT2D eigenvalue weighted by molar-refractivity contribution is -0.138. The van der Waals surface area contributed by atoms with Crippen LogP contribution in [0.3, 0.4) is 0 Å². The van der Waals surface area contributed by atoms with Crippen LogP contribution in [0.25, 0.3) is 11.0 Å². The molecule has 0 unspecified atom stereocenters. The summed E-state index contributed by atoms with van der Waals surface area (Å²) in [5, 5.41) is 10.6. The highest BCUT2D eigenvalue weighted by molar-refractivity contribution is 5.90. The Hall–Kier alpha value is -2.11. The van der Waals surface area contributed by atoms with Gasteiger partial charge >= 0.3 is 5.97 Å². The molecule has 1 saturated carbocycles. The van der Waals surface area contributed by atoms with Gasteiger partial charge in [0.15, 0.2) is 0 Å². The lowest BCUT2D eigenvalue weighted by Crippen LogP contribution is -2.37. The normalized spacial score (nSPS) is 24.2. The van der Waals surface area contributed by atoms with Crippen LogP contribution in [0.4, 0.5) is 5.82 Å². The van der Waals surface area contributed by atoms with Gasteiger partial charge in [-0.3, -0.25) is 0 Å². The number of nitrogens with one attached hydrogen (secondary N) is 1. The number of rotatable bonds is 2. The Bertz CT molecular complexity index is 705. The van der Waals surface area contributed by atoms with Gasteiger partial charge in [-0.05, 0) is 30.7 Å². The molecular formula is C16H20N4O2. The second-order valence-corrected chi connectivity index (χ2v) is 6.68. The summed E-state index contributed by atoms with van der Waals surface area (Å²) in [4.78, 5) is 25.5. The predicted molar refractivity (Wildman–Crippen MR) is 82.8 cm³/mol. The average molecular weight is 300 g/mol. The maximum absolute atomic E-state index is 11.8. The van der Waals surface area contributed by atoms with Gasteiger partial charge in [-0.15, -0.1) is 0 Å². The maximum atomic E-state index is 11.8. The van der Waals surface area contributed by atoms with Gasteiger partial charge in [0.1, 0.15) is 23.8 Å². The Morgan fingerprint density at radius 3 is 2.91 bits per heavy atom. The minimum Gasteiger partial charge on any atom is -0.480 e. The van der Waals surface area contributed by atoms with E-state index in [9.17, 15) is 9.90 Å². The van der Waals surface area contributed by atoms with E-state index in [4.69, 9.17) is 0 Å². The van der Waals surface area contributed by atoms with Gasteiger partial charge in [0.25, 0.3) is 0 Å². The lowest BCUT2D eigenvalue weighted by Gasteiger charge is -2.33. The van der Waals surface area contributed by atoms with Crippen LogP contribution in [-0.4, -0.2) is 38.6 Å². The van der Waals surface area contributed by atoms with Crippen LogP contribution in [0.5, 0.6) is 0 Å². The first-order valence-electron chi connectivity index (χ1n) is 7.96. The van der Waals surface area contributed by atoms with Crippen molar-refractivity contribution >= 4 is 22.8 Å². The van der Waals surface area contributed by atoms with Crippen LogP contribution in [-0.2, 0) is 4.79 Å². The van der Waals surface area contributed by atoms with E-state index in [-0.39, 0.29) is 5.41 Å². The molecule has 4 rings (SSSR count). The smallest absolute Gasteiger partial charge is 0.326 e. The zero-order valence-electron chi connectivity index (χ0n) is 12.5. The summed E-state index contributed by atoms with van der Waals surface area (Å²) in [6, 6.07) is 1.45. The van der Waals surface area contributed by atoms with Gasteiger partial charge in [0, 0.05) is 12.7 Å². The van der Waals surface area contributed by atoms with Gasteiger partial charge in [-0.25, -0.2) is 14.8 Å². The van der Waals surface area contributed by atoms with Gasteiger partial charge in [0.05, 0.1) is 5.39 Å². The molecule has 0 amide bonds. The Morgan fingerprint density at radius 1 is 1.32 bits per heavy atom. The number of carboxylic acids is 1. The van der Waals surface area contributed by atoms with Crippen LogP contribution in [0, 0.1) is 5.41 Å². The number of fused-ring (bicyclic) bond motifs is 1. The molecule has 1 atom stereocenters. The molecule has 1 saturated heterocycles. The third kappa shape index (κ3) is 2.05. The van der Waals surface area contributed by atoms with Crippen molar-refractivity contribution in [3.8, 4) is 0 Å². The first kappa shape index (κ1) is 13.5. The van der Waals surface area contributed by atoms with E-state index in [1.54, 1.807) is 0 Å². The highest BCUT2D eigenvalue weighted by Crippen LogP contribution is 2.47. The number of nitrogens with zero attached hydrogens (tertiary/aromatic N) is 3. The molecule has 0 aromatic carbocycles. The fourth-order valence-electron chi connectivity index (χ4n) is 4.25. The van der Waals surface area contributed by atoms with Gasteiger partial charge < -0.3 is 15.0 Å². The van der Waals surface area contributed by atoms with Crippen LogP contribution in [0.2, 0.25) is 0 Å². The molecule has 0 bridgehead atoms. The topological polar surface area (TPSA) is 82.1 Å². The standard InChI is InChI=1S/C16H20N4O2/c21-15(22)12-8-16(5-2-1-3-6-16)9-20(12)14-11-4-7-17-13(11)18-10-19-14/h4,7,10,12H,1-3,5-6,8-9H2,(H,21,22)(H,17,18,19)/t12-/m0/s1. The molecule has 2 aromatic heterocycles. The second kappa shape index (κ2) is 4.97. The molecule has 6 heteroatoms. The number of aromatic amines is 1.